The Balaban J connectivity index is 1.68. The number of halogens is 1. The SMILES string of the molecule is COc1ccccc1-c1nc2c(OC)ccc(OC)c2cc1CN(C[C@H]1CCCO1)C(=O)c1cccc(F)c1. The summed E-state index contributed by atoms with van der Waals surface area (Å²) >= 11 is 0. The normalized spacial score (nSPS) is 14.8. The smallest absolute Gasteiger partial charge is 0.254 e. The molecular formula is C31H31FN2O5. The summed E-state index contributed by atoms with van der Waals surface area (Å²) in [5, 5.41) is 0.751. The lowest BCUT2D eigenvalue weighted by atomic mass is 10.0. The molecule has 1 aliphatic heterocycles. The summed E-state index contributed by atoms with van der Waals surface area (Å²) in [5.74, 6) is 1.13. The maximum absolute atomic E-state index is 14.1. The van der Waals surface area contributed by atoms with Crippen molar-refractivity contribution in [2.75, 3.05) is 34.5 Å². The fourth-order valence-electron chi connectivity index (χ4n) is 5.05. The van der Waals surface area contributed by atoms with Crippen molar-refractivity contribution in [2.24, 2.45) is 0 Å². The van der Waals surface area contributed by atoms with E-state index in [4.69, 9.17) is 23.9 Å². The molecule has 1 atom stereocenters. The second-order valence-corrected chi connectivity index (χ2v) is 9.39. The average Bonchev–Trinajstić information content (AvgIpc) is 3.48. The van der Waals surface area contributed by atoms with E-state index in [9.17, 15) is 9.18 Å². The molecule has 4 aromatic rings. The van der Waals surface area contributed by atoms with Crippen LogP contribution >= 0.6 is 0 Å². The van der Waals surface area contributed by atoms with Gasteiger partial charge in [-0.05, 0) is 66.9 Å². The first-order valence-electron chi connectivity index (χ1n) is 12.9. The predicted molar refractivity (Wildman–Crippen MR) is 147 cm³/mol. The lowest BCUT2D eigenvalue weighted by Gasteiger charge is -2.27. The molecule has 1 fully saturated rings. The standard InChI is InChI=1S/C31H31FN2O5/c1-36-26-12-5-4-11-24(26)29-21(17-25-27(37-2)13-14-28(38-3)30(25)33-29)18-34(19-23-10-7-15-39-23)31(35)20-8-6-9-22(32)16-20/h4-6,8-9,11-14,16-17,23H,7,10,15,18-19H2,1-3H3/t23-/m1/s1. The van der Waals surface area contributed by atoms with Gasteiger partial charge in [0, 0.05) is 36.2 Å². The van der Waals surface area contributed by atoms with Gasteiger partial charge in [0.1, 0.15) is 28.6 Å². The maximum atomic E-state index is 14.1. The van der Waals surface area contributed by atoms with Crippen LogP contribution in [-0.2, 0) is 11.3 Å². The van der Waals surface area contributed by atoms with Gasteiger partial charge >= 0.3 is 0 Å². The van der Waals surface area contributed by atoms with Crippen LogP contribution in [0.2, 0.25) is 0 Å². The van der Waals surface area contributed by atoms with Crippen LogP contribution in [0, 0.1) is 5.82 Å². The summed E-state index contributed by atoms with van der Waals surface area (Å²) < 4.78 is 36.9. The summed E-state index contributed by atoms with van der Waals surface area (Å²) in [6, 6.07) is 19.0. The van der Waals surface area contributed by atoms with Gasteiger partial charge in [0.2, 0.25) is 0 Å². The number of carbonyl (C=O) groups is 1. The molecule has 1 amide bonds. The highest BCUT2D eigenvalue weighted by atomic mass is 19.1. The molecule has 1 saturated heterocycles. The summed E-state index contributed by atoms with van der Waals surface area (Å²) in [6.45, 7) is 1.24. The highest BCUT2D eigenvalue weighted by molar-refractivity contribution is 5.95. The first kappa shape index (κ1) is 26.4. The van der Waals surface area contributed by atoms with Crippen molar-refractivity contribution >= 4 is 16.8 Å². The molecule has 202 valence electrons. The number of amides is 1. The number of nitrogens with zero attached hydrogens (tertiary/aromatic N) is 2. The largest absolute Gasteiger partial charge is 0.496 e. The number of aromatic nitrogens is 1. The molecule has 0 radical (unpaired) electrons. The van der Waals surface area contributed by atoms with Gasteiger partial charge in [0.25, 0.3) is 5.91 Å². The van der Waals surface area contributed by atoms with Crippen LogP contribution in [-0.4, -0.2) is 56.4 Å². The molecule has 1 aromatic heterocycles. The second kappa shape index (κ2) is 11.7. The van der Waals surface area contributed by atoms with Gasteiger partial charge in [-0.2, -0.15) is 0 Å². The zero-order chi connectivity index (χ0) is 27.4. The molecule has 7 nitrogen and oxygen atoms in total. The lowest BCUT2D eigenvalue weighted by molar-refractivity contribution is 0.0507. The number of rotatable bonds is 9. The van der Waals surface area contributed by atoms with Gasteiger partial charge in [0.05, 0.1) is 33.1 Å². The maximum Gasteiger partial charge on any atom is 0.254 e. The summed E-state index contributed by atoms with van der Waals surface area (Å²) in [4.78, 5) is 20.5. The van der Waals surface area contributed by atoms with Gasteiger partial charge in [-0.25, -0.2) is 9.37 Å². The van der Waals surface area contributed by atoms with E-state index in [1.54, 1.807) is 38.4 Å². The Morgan fingerprint density at radius 3 is 2.46 bits per heavy atom. The van der Waals surface area contributed by atoms with Gasteiger partial charge in [-0.15, -0.1) is 0 Å². The summed E-state index contributed by atoms with van der Waals surface area (Å²) in [6.07, 6.45) is 1.70. The zero-order valence-corrected chi connectivity index (χ0v) is 22.3. The third-order valence-corrected chi connectivity index (χ3v) is 6.96. The number of fused-ring (bicyclic) bond motifs is 1. The molecule has 0 aliphatic carbocycles. The van der Waals surface area contributed by atoms with Crippen molar-refractivity contribution in [1.29, 1.82) is 0 Å². The Kier molecular flexibility index (Phi) is 7.93. The number of para-hydroxylation sites is 1. The quantitative estimate of drug-likeness (QED) is 0.269. The molecule has 1 aliphatic rings. The van der Waals surface area contributed by atoms with Crippen LogP contribution in [0.15, 0.2) is 66.7 Å². The third-order valence-electron chi connectivity index (χ3n) is 6.96. The van der Waals surface area contributed by atoms with E-state index in [0.29, 0.717) is 41.6 Å². The molecule has 3 aromatic carbocycles. The Morgan fingerprint density at radius 2 is 1.74 bits per heavy atom. The number of ether oxygens (including phenoxy) is 4. The minimum Gasteiger partial charge on any atom is -0.496 e. The molecule has 0 unspecified atom stereocenters. The van der Waals surface area contributed by atoms with Gasteiger partial charge in [0.15, 0.2) is 0 Å². The summed E-state index contributed by atoms with van der Waals surface area (Å²) in [7, 11) is 4.81. The van der Waals surface area contributed by atoms with Crippen molar-refractivity contribution in [3.8, 4) is 28.5 Å². The van der Waals surface area contributed by atoms with E-state index in [1.807, 2.05) is 42.5 Å². The second-order valence-electron chi connectivity index (χ2n) is 9.39. The molecule has 0 N–H and O–H groups in total. The molecule has 39 heavy (non-hydrogen) atoms. The van der Waals surface area contributed by atoms with E-state index < -0.39 is 5.82 Å². The highest BCUT2D eigenvalue weighted by Crippen LogP contribution is 2.38. The van der Waals surface area contributed by atoms with Crippen LogP contribution in [0.4, 0.5) is 4.39 Å². The average molecular weight is 531 g/mol. The van der Waals surface area contributed by atoms with E-state index in [0.717, 1.165) is 29.4 Å². The van der Waals surface area contributed by atoms with Crippen LogP contribution in [0.25, 0.3) is 22.2 Å². The first-order valence-corrected chi connectivity index (χ1v) is 12.9. The number of methoxy groups -OCH3 is 3. The molecule has 0 saturated carbocycles. The van der Waals surface area contributed by atoms with E-state index in [1.165, 1.54) is 12.1 Å². The molecule has 0 spiro atoms. The monoisotopic (exact) mass is 530 g/mol. The number of pyridine rings is 1. The Labute approximate surface area is 227 Å². The van der Waals surface area contributed by atoms with E-state index >= 15 is 0 Å². The molecule has 0 bridgehead atoms. The van der Waals surface area contributed by atoms with Crippen LogP contribution in [0.1, 0.15) is 28.8 Å². The highest BCUT2D eigenvalue weighted by Gasteiger charge is 2.26. The van der Waals surface area contributed by atoms with Crippen molar-refractivity contribution < 1.29 is 28.1 Å². The molecule has 5 rings (SSSR count). The Hall–Kier alpha value is -4.17. The van der Waals surface area contributed by atoms with Crippen LogP contribution < -0.4 is 14.2 Å². The van der Waals surface area contributed by atoms with Gasteiger partial charge in [-0.1, -0.05) is 18.2 Å². The number of hydrogen-bond donors (Lipinski definition) is 0. The first-order chi connectivity index (χ1) is 19.0. The number of carbonyl (C=O) groups excluding carboxylic acids is 1. The van der Waals surface area contributed by atoms with Crippen molar-refractivity contribution in [3.63, 3.8) is 0 Å². The van der Waals surface area contributed by atoms with Gasteiger partial charge < -0.3 is 23.8 Å². The van der Waals surface area contributed by atoms with E-state index in [2.05, 4.69) is 0 Å². The fourth-order valence-corrected chi connectivity index (χ4v) is 5.05. The number of hydrogen-bond acceptors (Lipinski definition) is 6. The Morgan fingerprint density at radius 1 is 0.974 bits per heavy atom. The van der Waals surface area contributed by atoms with Crippen LogP contribution in [0.3, 0.4) is 0 Å². The fraction of sp³-hybridized carbons (Fsp3) is 0.290. The topological polar surface area (TPSA) is 70.1 Å². The number of benzene rings is 3. The minimum atomic E-state index is -0.461. The molecule has 8 heteroatoms. The Bertz CT molecular complexity index is 1490. The van der Waals surface area contributed by atoms with E-state index in [-0.39, 0.29) is 24.1 Å². The summed E-state index contributed by atoms with van der Waals surface area (Å²) in [5.41, 5.74) is 3.11. The minimum absolute atomic E-state index is 0.0970. The zero-order valence-electron chi connectivity index (χ0n) is 22.3. The molecular weight excluding hydrogens is 499 g/mol. The van der Waals surface area contributed by atoms with Crippen molar-refractivity contribution in [2.45, 2.75) is 25.5 Å². The lowest BCUT2D eigenvalue weighted by Crippen LogP contribution is -2.37. The van der Waals surface area contributed by atoms with Gasteiger partial charge in [-0.3, -0.25) is 4.79 Å². The third kappa shape index (κ3) is 5.52. The van der Waals surface area contributed by atoms with Crippen molar-refractivity contribution in [1.82, 2.24) is 9.88 Å². The predicted octanol–water partition coefficient (Wildman–Crippen LogP) is 5.89. The van der Waals surface area contributed by atoms with Crippen LogP contribution in [0.5, 0.6) is 17.2 Å². The van der Waals surface area contributed by atoms with Crippen molar-refractivity contribution in [3.05, 3.63) is 83.7 Å². The molecule has 2 heterocycles.